The highest BCUT2D eigenvalue weighted by Crippen LogP contribution is 2.26. The van der Waals surface area contributed by atoms with Gasteiger partial charge in [0.2, 0.25) is 5.91 Å². The molecule has 0 aliphatic carbocycles. The van der Waals surface area contributed by atoms with Crippen LogP contribution in [0.1, 0.15) is 12.8 Å². The van der Waals surface area contributed by atoms with E-state index >= 15 is 0 Å². The Kier molecular flexibility index (Phi) is 5.73. The normalized spacial score (nSPS) is 17.4. The van der Waals surface area contributed by atoms with Gasteiger partial charge in [-0.05, 0) is 12.8 Å². The molecule has 5 nitrogen and oxygen atoms in total. The molecule has 0 aromatic carbocycles. The second-order valence-corrected chi connectivity index (χ2v) is 4.49. The first-order chi connectivity index (χ1) is 9.28. The molecule has 2 amide bonds. The lowest BCUT2D eigenvalue weighted by atomic mass is 10.0. The summed E-state index contributed by atoms with van der Waals surface area (Å²) in [6.07, 6.45) is -3.55. The molecule has 1 saturated heterocycles. The van der Waals surface area contributed by atoms with E-state index in [1.165, 1.54) is 7.11 Å². The second kappa shape index (κ2) is 6.87. The number of carbonyl (C=O) groups excluding carboxylic acids is 2. The Morgan fingerprint density at radius 1 is 1.35 bits per heavy atom. The number of amides is 2. The fraction of sp³-hybridized carbons (Fsp3) is 0.818. The van der Waals surface area contributed by atoms with E-state index in [0.717, 1.165) is 0 Å². The van der Waals surface area contributed by atoms with Gasteiger partial charge in [-0.15, -0.1) is 0 Å². The number of hydrogen-bond donors (Lipinski definition) is 1. The van der Waals surface area contributed by atoms with Gasteiger partial charge in [-0.2, -0.15) is 8.78 Å². The number of piperidine rings is 1. The van der Waals surface area contributed by atoms with Crippen LogP contribution in [0.2, 0.25) is 0 Å². The number of likely N-dealkylation sites (tertiary alicyclic amines) is 1. The highest BCUT2D eigenvalue weighted by molar-refractivity contribution is 5.84. The maximum atomic E-state index is 12.9. The van der Waals surface area contributed by atoms with Gasteiger partial charge in [0, 0.05) is 26.2 Å². The monoisotopic (exact) mass is 300 g/mol. The molecule has 0 aromatic heterocycles. The third kappa shape index (κ3) is 4.06. The Morgan fingerprint density at radius 2 is 1.90 bits per heavy atom. The summed E-state index contributed by atoms with van der Waals surface area (Å²) in [6, 6.07) is -0.276. The summed E-state index contributed by atoms with van der Waals surface area (Å²) >= 11 is 0. The van der Waals surface area contributed by atoms with Crippen molar-refractivity contribution in [3.8, 4) is 0 Å². The Morgan fingerprint density at radius 3 is 2.35 bits per heavy atom. The molecule has 9 heteroatoms. The van der Waals surface area contributed by atoms with Crippen LogP contribution in [0.25, 0.3) is 0 Å². The zero-order chi connectivity index (χ0) is 15.3. The van der Waals surface area contributed by atoms with Crippen molar-refractivity contribution >= 4 is 11.8 Å². The Bertz CT molecular complexity index is 358. The number of nitrogens with one attached hydrogen (secondary N) is 1. The summed E-state index contributed by atoms with van der Waals surface area (Å²) < 4.78 is 54.6. The van der Waals surface area contributed by atoms with Crippen LogP contribution in [0.5, 0.6) is 0 Å². The van der Waals surface area contributed by atoms with Gasteiger partial charge in [-0.1, -0.05) is 0 Å². The molecule has 1 fully saturated rings. The van der Waals surface area contributed by atoms with Crippen molar-refractivity contribution in [1.29, 1.82) is 0 Å². The van der Waals surface area contributed by atoms with Gasteiger partial charge in [-0.3, -0.25) is 9.59 Å². The van der Waals surface area contributed by atoms with Gasteiger partial charge in [0.05, 0.1) is 0 Å². The number of nitrogens with zero attached hydrogens (tertiary/aromatic N) is 1. The third-order valence-corrected chi connectivity index (χ3v) is 2.98. The number of ether oxygens (including phenoxy) is 1. The summed E-state index contributed by atoms with van der Waals surface area (Å²) in [5, 5.41) is 2.60. The molecule has 20 heavy (non-hydrogen) atoms. The maximum Gasteiger partial charge on any atom is 0.383 e. The molecular weight excluding hydrogens is 284 g/mol. The van der Waals surface area contributed by atoms with Crippen LogP contribution in [0, 0.1) is 0 Å². The molecule has 1 N–H and O–H groups in total. The minimum Gasteiger partial charge on any atom is -0.375 e. The largest absolute Gasteiger partial charge is 0.383 e. The Hall–Kier alpha value is -1.38. The fourth-order valence-corrected chi connectivity index (χ4v) is 1.93. The van der Waals surface area contributed by atoms with Crippen LogP contribution in [0.3, 0.4) is 0 Å². The van der Waals surface area contributed by atoms with Crippen LogP contribution in [-0.2, 0) is 14.3 Å². The van der Waals surface area contributed by atoms with Crippen molar-refractivity contribution in [2.45, 2.75) is 31.2 Å². The van der Waals surface area contributed by atoms with Crippen LogP contribution in [0.4, 0.5) is 17.6 Å². The summed E-state index contributed by atoms with van der Waals surface area (Å²) in [7, 11) is 1.35. The lowest BCUT2D eigenvalue weighted by molar-refractivity contribution is -0.181. The van der Waals surface area contributed by atoms with E-state index in [1.54, 1.807) is 0 Å². The second-order valence-electron chi connectivity index (χ2n) is 4.49. The van der Waals surface area contributed by atoms with Crippen LogP contribution < -0.4 is 5.32 Å². The molecule has 0 radical (unpaired) electrons. The van der Waals surface area contributed by atoms with Crippen molar-refractivity contribution in [1.82, 2.24) is 10.2 Å². The molecule has 1 aliphatic rings. The van der Waals surface area contributed by atoms with Gasteiger partial charge < -0.3 is 15.0 Å². The van der Waals surface area contributed by atoms with Crippen molar-refractivity contribution in [2.75, 3.05) is 26.8 Å². The zero-order valence-corrected chi connectivity index (χ0v) is 10.9. The molecule has 0 aromatic rings. The number of rotatable bonds is 5. The summed E-state index contributed by atoms with van der Waals surface area (Å²) in [5.41, 5.74) is 0. The minimum absolute atomic E-state index is 0.0981. The summed E-state index contributed by atoms with van der Waals surface area (Å²) in [5.74, 6) is -6.88. The van der Waals surface area contributed by atoms with Crippen LogP contribution >= 0.6 is 0 Å². The molecule has 0 atom stereocenters. The Balaban J connectivity index is 2.46. The first kappa shape index (κ1) is 16.7. The molecule has 0 unspecified atom stereocenters. The standard InChI is InChI=1S/C11H16F4N2O3/c1-20-6-8(18)16-7-2-4-17(5-3-7)10(19)11(14,15)9(12)13/h7,9H,2-6H2,1H3,(H,16,18). The van der Waals surface area contributed by atoms with Crippen molar-refractivity contribution in [3.05, 3.63) is 0 Å². The molecular formula is C11H16F4N2O3. The highest BCUT2D eigenvalue weighted by Gasteiger charge is 2.51. The lowest BCUT2D eigenvalue weighted by Gasteiger charge is -2.34. The van der Waals surface area contributed by atoms with E-state index in [4.69, 9.17) is 0 Å². The van der Waals surface area contributed by atoms with Gasteiger partial charge in [0.25, 0.3) is 5.91 Å². The van der Waals surface area contributed by atoms with Gasteiger partial charge in [0.15, 0.2) is 0 Å². The average Bonchev–Trinajstić information content (AvgIpc) is 2.38. The van der Waals surface area contributed by atoms with Gasteiger partial charge in [-0.25, -0.2) is 8.78 Å². The molecule has 116 valence electrons. The smallest absolute Gasteiger partial charge is 0.375 e. The maximum absolute atomic E-state index is 12.9. The topological polar surface area (TPSA) is 58.6 Å². The lowest BCUT2D eigenvalue weighted by Crippen LogP contribution is -2.53. The molecule has 0 spiro atoms. The number of halogens is 4. The Labute approximate surface area is 113 Å². The van der Waals surface area contributed by atoms with E-state index in [-0.39, 0.29) is 44.5 Å². The van der Waals surface area contributed by atoms with Crippen LogP contribution in [-0.4, -0.2) is 61.9 Å². The minimum atomic E-state index is -4.66. The van der Waals surface area contributed by atoms with Crippen molar-refractivity contribution in [3.63, 3.8) is 0 Å². The van der Waals surface area contributed by atoms with E-state index in [2.05, 4.69) is 10.1 Å². The fourth-order valence-electron chi connectivity index (χ4n) is 1.93. The third-order valence-electron chi connectivity index (χ3n) is 2.98. The first-order valence-electron chi connectivity index (χ1n) is 6.02. The number of carbonyl (C=O) groups is 2. The average molecular weight is 300 g/mol. The quantitative estimate of drug-likeness (QED) is 0.758. The van der Waals surface area contributed by atoms with E-state index < -0.39 is 18.3 Å². The number of alkyl halides is 4. The van der Waals surface area contributed by atoms with Gasteiger partial charge >= 0.3 is 12.3 Å². The molecule has 1 heterocycles. The van der Waals surface area contributed by atoms with Gasteiger partial charge in [0.1, 0.15) is 6.61 Å². The van der Waals surface area contributed by atoms with E-state index in [0.29, 0.717) is 4.90 Å². The molecule has 1 rings (SSSR count). The molecule has 0 bridgehead atoms. The molecule has 0 saturated carbocycles. The predicted octanol–water partition coefficient (Wildman–Crippen LogP) is 0.640. The van der Waals surface area contributed by atoms with E-state index in [1.807, 2.05) is 0 Å². The van der Waals surface area contributed by atoms with Crippen molar-refractivity contribution in [2.24, 2.45) is 0 Å². The highest BCUT2D eigenvalue weighted by atomic mass is 19.3. The number of methoxy groups -OCH3 is 1. The van der Waals surface area contributed by atoms with Crippen molar-refractivity contribution < 1.29 is 31.9 Å². The zero-order valence-electron chi connectivity index (χ0n) is 10.9. The SMILES string of the molecule is COCC(=O)NC1CCN(C(=O)C(F)(F)C(F)F)CC1. The summed E-state index contributed by atoms with van der Waals surface area (Å²) in [4.78, 5) is 23.2. The van der Waals surface area contributed by atoms with E-state index in [9.17, 15) is 27.2 Å². The predicted molar refractivity (Wildman–Crippen MR) is 60.6 cm³/mol. The molecule has 1 aliphatic heterocycles. The van der Waals surface area contributed by atoms with Crippen LogP contribution in [0.15, 0.2) is 0 Å². The first-order valence-corrected chi connectivity index (χ1v) is 6.02. The summed E-state index contributed by atoms with van der Waals surface area (Å²) in [6.45, 7) is -0.319. The number of hydrogen-bond acceptors (Lipinski definition) is 3.